The lowest BCUT2D eigenvalue weighted by Gasteiger charge is -2.50. The quantitative estimate of drug-likeness (QED) is 0.570. The molecule has 2 aromatic carbocycles. The third-order valence-corrected chi connectivity index (χ3v) is 10.6. The summed E-state index contributed by atoms with van der Waals surface area (Å²) in [6, 6.07) is 22.8. The van der Waals surface area contributed by atoms with Gasteiger partial charge in [0.15, 0.2) is 0 Å². The summed E-state index contributed by atoms with van der Waals surface area (Å²) in [5, 5.41) is 0. The van der Waals surface area contributed by atoms with Crippen molar-refractivity contribution in [1.29, 1.82) is 0 Å². The second-order valence-electron chi connectivity index (χ2n) is 12.4. The van der Waals surface area contributed by atoms with E-state index in [1.54, 1.807) is 0 Å². The van der Waals surface area contributed by atoms with Crippen LogP contribution in [0, 0.1) is 0 Å². The molecule has 36 heavy (non-hydrogen) atoms. The smallest absolute Gasteiger partial charge is 0.124 e. The summed E-state index contributed by atoms with van der Waals surface area (Å²) in [5.74, 6) is 0. The van der Waals surface area contributed by atoms with Crippen molar-refractivity contribution in [2.24, 2.45) is 0 Å². The maximum Gasteiger partial charge on any atom is 0.124 e. The van der Waals surface area contributed by atoms with Gasteiger partial charge in [-0.25, -0.2) is 0 Å². The normalized spacial score (nSPS) is 40.3. The number of nitrogens with zero attached hydrogens (tertiary/aromatic N) is 2. The number of hydrogen-bond donors (Lipinski definition) is 0. The molecule has 6 atom stereocenters. The predicted molar refractivity (Wildman–Crippen MR) is 143 cm³/mol. The van der Waals surface area contributed by atoms with Crippen LogP contribution in [0.2, 0.25) is 0 Å². The summed E-state index contributed by atoms with van der Waals surface area (Å²) < 4.78 is 14.7. The summed E-state index contributed by atoms with van der Waals surface area (Å²) in [6.45, 7) is 0. The Morgan fingerprint density at radius 2 is 1.19 bits per heavy atom. The Bertz CT molecular complexity index is 1050. The maximum absolute atomic E-state index is 7.47. The Labute approximate surface area is 217 Å². The van der Waals surface area contributed by atoms with Gasteiger partial charge in [-0.15, -0.1) is 0 Å². The number of ether oxygens (including phenoxy) is 2. The van der Waals surface area contributed by atoms with Crippen LogP contribution >= 0.6 is 0 Å². The number of fused-ring (bicyclic) bond motifs is 5. The lowest BCUT2D eigenvalue weighted by Crippen LogP contribution is -2.55. The molecule has 0 N–H and O–H groups in total. The molecule has 192 valence electrons. The zero-order valence-corrected chi connectivity index (χ0v) is 22.0. The molecule has 0 radical (unpaired) electrons. The zero-order valence-electron chi connectivity index (χ0n) is 22.0. The highest BCUT2D eigenvalue weighted by molar-refractivity contribution is 5.38. The first kappa shape index (κ1) is 23.4. The Hall–Kier alpha value is -1.72. The van der Waals surface area contributed by atoms with Crippen LogP contribution in [0.1, 0.15) is 68.1 Å². The third-order valence-electron chi connectivity index (χ3n) is 10.6. The minimum atomic E-state index is -0.433. The number of benzene rings is 2. The van der Waals surface area contributed by atoms with E-state index in [4.69, 9.17) is 9.47 Å². The van der Waals surface area contributed by atoms with Crippen molar-refractivity contribution in [2.45, 2.75) is 112 Å². The first-order valence-electron chi connectivity index (χ1n) is 14.5. The summed E-state index contributed by atoms with van der Waals surface area (Å²) in [6.07, 6.45) is 12.4. The topological polar surface area (TPSA) is 24.9 Å². The average Bonchev–Trinajstić information content (AvgIpc) is 3.22. The Kier molecular flexibility index (Phi) is 6.00. The number of piperidine rings is 2. The van der Waals surface area contributed by atoms with Crippen LogP contribution in [0.3, 0.4) is 0 Å². The lowest BCUT2D eigenvalue weighted by atomic mass is 9.73. The molecule has 4 saturated heterocycles. The van der Waals surface area contributed by atoms with Gasteiger partial charge in [0.25, 0.3) is 0 Å². The van der Waals surface area contributed by atoms with Gasteiger partial charge >= 0.3 is 0 Å². The molecule has 0 saturated carbocycles. The minimum Gasteiger partial charge on any atom is -0.371 e. The second kappa shape index (κ2) is 9.23. The van der Waals surface area contributed by atoms with Gasteiger partial charge in [-0.3, -0.25) is 0 Å². The molecule has 4 heteroatoms. The van der Waals surface area contributed by atoms with E-state index in [0.29, 0.717) is 36.4 Å². The highest BCUT2D eigenvalue weighted by Crippen LogP contribution is 2.47. The van der Waals surface area contributed by atoms with Crippen LogP contribution in [0.4, 0.5) is 0 Å². The summed E-state index contributed by atoms with van der Waals surface area (Å²) in [4.78, 5) is 5.23. The van der Waals surface area contributed by atoms with Crippen LogP contribution in [0.25, 0.3) is 0 Å². The van der Waals surface area contributed by atoms with Crippen LogP contribution in [-0.2, 0) is 27.9 Å². The molecule has 6 unspecified atom stereocenters. The number of rotatable bonds is 5. The highest BCUT2D eigenvalue weighted by atomic mass is 16.6. The molecule has 4 heterocycles. The average molecular weight is 487 g/mol. The monoisotopic (exact) mass is 486 g/mol. The van der Waals surface area contributed by atoms with Gasteiger partial charge < -0.3 is 19.3 Å². The van der Waals surface area contributed by atoms with E-state index in [1.165, 1.54) is 42.4 Å². The predicted octanol–water partition coefficient (Wildman–Crippen LogP) is 5.33. The molecule has 5 aliphatic rings. The Balaban J connectivity index is 1.25. The highest BCUT2D eigenvalue weighted by Gasteiger charge is 2.51. The molecule has 4 fully saturated rings. The summed E-state index contributed by atoms with van der Waals surface area (Å²) in [7, 11) is 4.64. The number of hydrogen-bond acceptors (Lipinski definition) is 4. The van der Waals surface area contributed by atoms with Crippen molar-refractivity contribution in [3.05, 3.63) is 71.3 Å². The fourth-order valence-corrected chi connectivity index (χ4v) is 8.50. The summed E-state index contributed by atoms with van der Waals surface area (Å²) >= 11 is 0. The van der Waals surface area contributed by atoms with E-state index in [9.17, 15) is 0 Å². The fraction of sp³-hybridized carbons (Fsp3) is 0.625. The largest absolute Gasteiger partial charge is 0.371 e. The van der Waals surface area contributed by atoms with Gasteiger partial charge in [-0.05, 0) is 82.2 Å². The van der Waals surface area contributed by atoms with Crippen LogP contribution in [0.5, 0.6) is 0 Å². The zero-order chi connectivity index (χ0) is 24.3. The third kappa shape index (κ3) is 3.96. The van der Waals surface area contributed by atoms with E-state index >= 15 is 0 Å². The van der Waals surface area contributed by atoms with Crippen molar-refractivity contribution in [1.82, 2.24) is 9.80 Å². The SMILES string of the molecule is CN1C2CCC1CC(OC1Cc3ccccc3CC1(OC1CC3CCC(C1)N3C)c1ccccc1)C2. The Morgan fingerprint density at radius 3 is 1.81 bits per heavy atom. The molecule has 0 amide bonds. The van der Waals surface area contributed by atoms with E-state index in [2.05, 4.69) is 78.5 Å². The Morgan fingerprint density at radius 1 is 0.667 bits per heavy atom. The molecule has 4 aliphatic heterocycles. The van der Waals surface area contributed by atoms with Gasteiger partial charge in [0.2, 0.25) is 0 Å². The molecule has 0 spiro atoms. The lowest BCUT2D eigenvalue weighted by molar-refractivity contribution is -0.213. The van der Waals surface area contributed by atoms with Gasteiger partial charge in [0.05, 0.1) is 18.3 Å². The van der Waals surface area contributed by atoms with E-state index in [1.807, 2.05) is 0 Å². The van der Waals surface area contributed by atoms with Gasteiger partial charge in [0, 0.05) is 37.0 Å². The van der Waals surface area contributed by atoms with Crippen molar-refractivity contribution >= 4 is 0 Å². The molecule has 4 nitrogen and oxygen atoms in total. The second-order valence-corrected chi connectivity index (χ2v) is 12.4. The van der Waals surface area contributed by atoms with Crippen LogP contribution in [-0.4, -0.2) is 66.4 Å². The fourth-order valence-electron chi connectivity index (χ4n) is 8.50. The molecule has 0 aromatic heterocycles. The first-order valence-corrected chi connectivity index (χ1v) is 14.5. The maximum atomic E-state index is 7.47. The van der Waals surface area contributed by atoms with E-state index < -0.39 is 5.60 Å². The van der Waals surface area contributed by atoms with Crippen molar-refractivity contribution in [2.75, 3.05) is 14.1 Å². The van der Waals surface area contributed by atoms with Crippen molar-refractivity contribution in [3.63, 3.8) is 0 Å². The minimum absolute atomic E-state index is 0.0416. The molecule has 1 aliphatic carbocycles. The van der Waals surface area contributed by atoms with Crippen LogP contribution in [0.15, 0.2) is 54.6 Å². The van der Waals surface area contributed by atoms with Crippen molar-refractivity contribution < 1.29 is 9.47 Å². The van der Waals surface area contributed by atoms with E-state index in [-0.39, 0.29) is 6.10 Å². The molecule has 4 bridgehead atoms. The van der Waals surface area contributed by atoms with Crippen molar-refractivity contribution in [3.8, 4) is 0 Å². The molecular weight excluding hydrogens is 444 g/mol. The van der Waals surface area contributed by atoms with Gasteiger partial charge in [0.1, 0.15) is 5.60 Å². The molecule has 7 rings (SSSR count). The molecule has 2 aromatic rings. The van der Waals surface area contributed by atoms with Gasteiger partial charge in [-0.2, -0.15) is 0 Å². The summed E-state index contributed by atoms with van der Waals surface area (Å²) in [5.41, 5.74) is 3.74. The standard InChI is InChI=1S/C32H42N2O2/c1-33-25-12-13-26(33)18-29(17-25)35-31-16-22-8-6-7-9-23(22)21-32(31,24-10-4-3-5-11-24)36-30-19-27-14-15-28(20-30)34(27)2/h3-11,25-31H,12-21H2,1-2H3. The van der Waals surface area contributed by atoms with Crippen LogP contribution < -0.4 is 0 Å². The molecular formula is C32H42N2O2. The van der Waals surface area contributed by atoms with Gasteiger partial charge in [-0.1, -0.05) is 54.6 Å². The first-order chi connectivity index (χ1) is 17.6. The van der Waals surface area contributed by atoms with E-state index in [0.717, 1.165) is 38.5 Å².